The summed E-state index contributed by atoms with van der Waals surface area (Å²) in [5.74, 6) is -1.68. The lowest BCUT2D eigenvalue weighted by Gasteiger charge is -2.21. The summed E-state index contributed by atoms with van der Waals surface area (Å²) in [6.07, 6.45) is 0.514. The predicted octanol–water partition coefficient (Wildman–Crippen LogP) is 1.41. The van der Waals surface area contributed by atoms with Gasteiger partial charge in [0.05, 0.1) is 0 Å². The number of carbonyl (C=O) groups is 2. The predicted molar refractivity (Wildman–Crippen MR) is 54.5 cm³/mol. The highest BCUT2D eigenvalue weighted by Gasteiger charge is 2.36. The Kier molecular flexibility index (Phi) is 2.60. The highest BCUT2D eigenvalue weighted by Crippen LogP contribution is 2.26. The number of amides is 1. The maximum absolute atomic E-state index is 12.7. The summed E-state index contributed by atoms with van der Waals surface area (Å²) in [7, 11) is 0. The molecule has 1 aromatic carbocycles. The third-order valence-corrected chi connectivity index (χ3v) is 2.60. The molecule has 0 aromatic heterocycles. The van der Waals surface area contributed by atoms with E-state index in [2.05, 4.69) is 0 Å². The summed E-state index contributed by atoms with van der Waals surface area (Å²) in [6, 6.07) is 4.40. The quantitative estimate of drug-likeness (QED) is 0.824. The molecule has 1 aliphatic rings. The Morgan fingerprint density at radius 1 is 1.38 bits per heavy atom. The second kappa shape index (κ2) is 3.92. The monoisotopic (exact) mass is 223 g/mol. The van der Waals surface area contributed by atoms with Gasteiger partial charge in [-0.3, -0.25) is 9.69 Å². The lowest BCUT2D eigenvalue weighted by molar-refractivity contribution is -0.138. The van der Waals surface area contributed by atoms with E-state index in [-0.39, 0.29) is 12.3 Å². The minimum atomic E-state index is -1.03. The van der Waals surface area contributed by atoms with Gasteiger partial charge in [0.1, 0.15) is 11.9 Å². The Morgan fingerprint density at radius 2 is 2.00 bits per heavy atom. The standard InChI is InChI=1S/C11H10FNO3/c12-7-1-3-8(4-2-7)13-9(11(15)16)5-6-10(13)14/h1-4,9H,5-6H2,(H,15,16). The summed E-state index contributed by atoms with van der Waals surface area (Å²) in [5.41, 5.74) is 0.427. The number of nitrogens with zero attached hydrogens (tertiary/aromatic N) is 1. The highest BCUT2D eigenvalue weighted by molar-refractivity contribution is 6.02. The number of carbonyl (C=O) groups excluding carboxylic acids is 1. The molecule has 1 unspecified atom stereocenters. The highest BCUT2D eigenvalue weighted by atomic mass is 19.1. The fraction of sp³-hybridized carbons (Fsp3) is 0.273. The Morgan fingerprint density at radius 3 is 2.56 bits per heavy atom. The summed E-state index contributed by atoms with van der Waals surface area (Å²) < 4.78 is 12.7. The third kappa shape index (κ3) is 1.76. The van der Waals surface area contributed by atoms with Gasteiger partial charge in [0, 0.05) is 12.1 Å². The van der Waals surface area contributed by atoms with Crippen LogP contribution in [0, 0.1) is 5.82 Å². The van der Waals surface area contributed by atoms with Crippen molar-refractivity contribution in [2.75, 3.05) is 4.90 Å². The van der Waals surface area contributed by atoms with Crippen LogP contribution < -0.4 is 4.90 Å². The van der Waals surface area contributed by atoms with E-state index in [9.17, 15) is 14.0 Å². The molecule has 1 amide bonds. The summed E-state index contributed by atoms with van der Waals surface area (Å²) >= 11 is 0. The molecule has 1 aliphatic heterocycles. The van der Waals surface area contributed by atoms with Crippen molar-refractivity contribution in [1.82, 2.24) is 0 Å². The third-order valence-electron chi connectivity index (χ3n) is 2.60. The molecule has 1 aromatic rings. The number of carboxylic acid groups (broad SMARTS) is 1. The first-order chi connectivity index (χ1) is 7.59. The number of hydrogen-bond acceptors (Lipinski definition) is 2. The SMILES string of the molecule is O=C(O)C1CCC(=O)N1c1ccc(F)cc1. The molecule has 1 N–H and O–H groups in total. The van der Waals surface area contributed by atoms with Gasteiger partial charge in [0.25, 0.3) is 0 Å². The normalized spacial score (nSPS) is 20.2. The van der Waals surface area contributed by atoms with Crippen LogP contribution >= 0.6 is 0 Å². The van der Waals surface area contributed by atoms with E-state index >= 15 is 0 Å². The zero-order valence-corrected chi connectivity index (χ0v) is 8.39. The molecule has 0 radical (unpaired) electrons. The molecule has 5 heteroatoms. The van der Waals surface area contributed by atoms with Crippen LogP contribution in [0.15, 0.2) is 24.3 Å². The molecule has 16 heavy (non-hydrogen) atoms. The van der Waals surface area contributed by atoms with Crippen molar-refractivity contribution >= 4 is 17.6 Å². The van der Waals surface area contributed by atoms with Gasteiger partial charge in [-0.15, -0.1) is 0 Å². The summed E-state index contributed by atoms with van der Waals surface area (Å²) in [5, 5.41) is 8.95. The van der Waals surface area contributed by atoms with Gasteiger partial charge >= 0.3 is 5.97 Å². The van der Waals surface area contributed by atoms with E-state index in [0.29, 0.717) is 12.1 Å². The minimum absolute atomic E-state index is 0.217. The zero-order chi connectivity index (χ0) is 11.7. The van der Waals surface area contributed by atoms with E-state index in [0.717, 1.165) is 0 Å². The Labute approximate surface area is 91.3 Å². The van der Waals surface area contributed by atoms with Crippen LogP contribution in [0.2, 0.25) is 0 Å². The molecule has 84 valence electrons. The molecule has 1 atom stereocenters. The number of rotatable bonds is 2. The lowest BCUT2D eigenvalue weighted by atomic mass is 10.2. The number of halogens is 1. The van der Waals surface area contributed by atoms with E-state index in [4.69, 9.17) is 5.11 Å². The van der Waals surface area contributed by atoms with Gasteiger partial charge in [-0.2, -0.15) is 0 Å². The van der Waals surface area contributed by atoms with Crippen molar-refractivity contribution in [3.63, 3.8) is 0 Å². The molecule has 0 aliphatic carbocycles. The molecule has 0 spiro atoms. The molecule has 1 heterocycles. The maximum atomic E-state index is 12.7. The Hall–Kier alpha value is -1.91. The number of aliphatic carboxylic acids is 1. The number of anilines is 1. The molecule has 4 nitrogen and oxygen atoms in total. The number of benzene rings is 1. The van der Waals surface area contributed by atoms with Crippen molar-refractivity contribution in [2.45, 2.75) is 18.9 Å². The number of hydrogen-bond donors (Lipinski definition) is 1. The topological polar surface area (TPSA) is 57.6 Å². The summed E-state index contributed by atoms with van der Waals surface area (Å²) in [6.45, 7) is 0. The number of carboxylic acids is 1. The minimum Gasteiger partial charge on any atom is -0.480 e. The van der Waals surface area contributed by atoms with Gasteiger partial charge in [-0.1, -0.05) is 0 Å². The van der Waals surface area contributed by atoms with Gasteiger partial charge < -0.3 is 5.11 Å². The van der Waals surface area contributed by atoms with E-state index in [1.165, 1.54) is 29.2 Å². The first-order valence-electron chi connectivity index (χ1n) is 4.90. The van der Waals surface area contributed by atoms with Crippen LogP contribution in [0.4, 0.5) is 10.1 Å². The van der Waals surface area contributed by atoms with Crippen LogP contribution in [-0.2, 0) is 9.59 Å². The maximum Gasteiger partial charge on any atom is 0.326 e. The Bertz CT molecular complexity index is 429. The van der Waals surface area contributed by atoms with E-state index < -0.39 is 17.8 Å². The van der Waals surface area contributed by atoms with Gasteiger partial charge in [0.15, 0.2) is 0 Å². The van der Waals surface area contributed by atoms with Crippen LogP contribution in [0.5, 0.6) is 0 Å². The molecule has 0 saturated carbocycles. The molecule has 1 saturated heterocycles. The van der Waals surface area contributed by atoms with Gasteiger partial charge in [-0.25, -0.2) is 9.18 Å². The van der Waals surface area contributed by atoms with Crippen molar-refractivity contribution < 1.29 is 19.1 Å². The smallest absolute Gasteiger partial charge is 0.326 e. The first kappa shape index (κ1) is 10.6. The fourth-order valence-corrected chi connectivity index (χ4v) is 1.84. The van der Waals surface area contributed by atoms with Crippen molar-refractivity contribution in [1.29, 1.82) is 0 Å². The van der Waals surface area contributed by atoms with Crippen molar-refractivity contribution in [3.8, 4) is 0 Å². The van der Waals surface area contributed by atoms with Crippen LogP contribution in [0.1, 0.15) is 12.8 Å². The first-order valence-corrected chi connectivity index (χ1v) is 4.90. The summed E-state index contributed by atoms with van der Waals surface area (Å²) in [4.78, 5) is 23.7. The van der Waals surface area contributed by atoms with Crippen molar-refractivity contribution in [2.24, 2.45) is 0 Å². The average Bonchev–Trinajstić information content (AvgIpc) is 2.62. The van der Waals surface area contributed by atoms with Crippen LogP contribution in [0.3, 0.4) is 0 Å². The van der Waals surface area contributed by atoms with Gasteiger partial charge in [-0.05, 0) is 30.7 Å². The van der Waals surface area contributed by atoms with Gasteiger partial charge in [0.2, 0.25) is 5.91 Å². The zero-order valence-electron chi connectivity index (χ0n) is 8.39. The second-order valence-corrected chi connectivity index (χ2v) is 3.63. The van der Waals surface area contributed by atoms with E-state index in [1.54, 1.807) is 0 Å². The van der Waals surface area contributed by atoms with Crippen LogP contribution in [0.25, 0.3) is 0 Å². The molecule has 2 rings (SSSR count). The fourth-order valence-electron chi connectivity index (χ4n) is 1.84. The van der Waals surface area contributed by atoms with E-state index in [1.807, 2.05) is 0 Å². The molecular weight excluding hydrogens is 213 g/mol. The lowest BCUT2D eigenvalue weighted by Crippen LogP contribution is -2.38. The van der Waals surface area contributed by atoms with Crippen LogP contribution in [-0.4, -0.2) is 23.0 Å². The largest absolute Gasteiger partial charge is 0.480 e. The average molecular weight is 223 g/mol. The van der Waals surface area contributed by atoms with Crippen molar-refractivity contribution in [3.05, 3.63) is 30.1 Å². The Balaban J connectivity index is 2.33. The molecular formula is C11H10FNO3. The molecule has 1 fully saturated rings. The molecule has 0 bridgehead atoms. The second-order valence-electron chi connectivity index (χ2n) is 3.63.